The molecule has 1 amide bonds. The van der Waals surface area contributed by atoms with Gasteiger partial charge in [-0.15, -0.1) is 0 Å². The van der Waals surface area contributed by atoms with Crippen LogP contribution in [-0.2, 0) is 14.3 Å². The minimum Gasteiger partial charge on any atom is -0.497 e. The Balaban J connectivity index is 2.80. The number of methoxy groups -OCH3 is 2. The van der Waals surface area contributed by atoms with Crippen LogP contribution in [0.25, 0.3) is 6.08 Å². The Hall–Kier alpha value is -2.34. The average molecular weight is 362 g/mol. The second kappa shape index (κ2) is 11.3. The molecule has 1 unspecified atom stereocenters. The first-order valence-electron chi connectivity index (χ1n) is 8.71. The molecule has 1 atom stereocenters. The second-order valence-electron chi connectivity index (χ2n) is 6.48. The zero-order chi connectivity index (χ0) is 19.5. The van der Waals surface area contributed by atoms with Gasteiger partial charge in [-0.05, 0) is 50.8 Å². The number of rotatable bonds is 10. The van der Waals surface area contributed by atoms with Crippen molar-refractivity contribution in [2.45, 2.75) is 13.3 Å². The van der Waals surface area contributed by atoms with Gasteiger partial charge in [-0.25, -0.2) is 0 Å². The molecule has 0 aliphatic heterocycles. The van der Waals surface area contributed by atoms with E-state index in [1.165, 1.54) is 13.2 Å². The fraction of sp³-hybridized carbons (Fsp3) is 0.500. The van der Waals surface area contributed by atoms with Gasteiger partial charge in [-0.2, -0.15) is 0 Å². The van der Waals surface area contributed by atoms with Gasteiger partial charge in [0.2, 0.25) is 5.91 Å². The predicted molar refractivity (Wildman–Crippen MR) is 103 cm³/mol. The summed E-state index contributed by atoms with van der Waals surface area (Å²) in [6.45, 7) is 3.56. The van der Waals surface area contributed by atoms with Gasteiger partial charge in [-0.3, -0.25) is 9.59 Å². The fourth-order valence-corrected chi connectivity index (χ4v) is 2.49. The Morgan fingerprint density at radius 2 is 1.92 bits per heavy atom. The monoisotopic (exact) mass is 362 g/mol. The number of esters is 1. The van der Waals surface area contributed by atoms with E-state index in [0.29, 0.717) is 13.1 Å². The zero-order valence-electron chi connectivity index (χ0n) is 16.4. The van der Waals surface area contributed by atoms with Gasteiger partial charge in [0.25, 0.3) is 0 Å². The van der Waals surface area contributed by atoms with E-state index in [1.54, 1.807) is 25.0 Å². The quantitative estimate of drug-likeness (QED) is 0.472. The van der Waals surface area contributed by atoms with Gasteiger partial charge < -0.3 is 19.3 Å². The second-order valence-corrected chi connectivity index (χ2v) is 6.48. The van der Waals surface area contributed by atoms with Gasteiger partial charge in [-0.1, -0.05) is 19.1 Å². The molecule has 0 bridgehead atoms. The molecule has 0 saturated carbocycles. The lowest BCUT2D eigenvalue weighted by molar-refractivity contribution is -0.146. The molecule has 26 heavy (non-hydrogen) atoms. The third kappa shape index (κ3) is 7.70. The highest BCUT2D eigenvalue weighted by Gasteiger charge is 2.20. The summed E-state index contributed by atoms with van der Waals surface area (Å²) >= 11 is 0. The number of carbonyl (C=O) groups excluding carboxylic acids is 2. The van der Waals surface area contributed by atoms with E-state index in [4.69, 9.17) is 9.47 Å². The van der Waals surface area contributed by atoms with Gasteiger partial charge in [0.15, 0.2) is 0 Å². The smallest absolute Gasteiger partial charge is 0.310 e. The number of nitrogens with zero attached hydrogens (tertiary/aromatic N) is 2. The maximum Gasteiger partial charge on any atom is 0.310 e. The van der Waals surface area contributed by atoms with E-state index in [2.05, 4.69) is 4.90 Å². The summed E-state index contributed by atoms with van der Waals surface area (Å²) in [7, 11) is 6.95. The molecule has 0 aliphatic carbocycles. The summed E-state index contributed by atoms with van der Waals surface area (Å²) in [5, 5.41) is 0. The molecule has 0 N–H and O–H groups in total. The first-order valence-corrected chi connectivity index (χ1v) is 8.71. The molecule has 144 valence electrons. The molecular formula is C20H30N2O4. The fourth-order valence-electron chi connectivity index (χ4n) is 2.49. The number of benzene rings is 1. The van der Waals surface area contributed by atoms with E-state index < -0.39 is 0 Å². The summed E-state index contributed by atoms with van der Waals surface area (Å²) in [4.78, 5) is 28.1. The Labute approximate surface area is 156 Å². The molecule has 6 nitrogen and oxygen atoms in total. The van der Waals surface area contributed by atoms with Crippen LogP contribution in [0.1, 0.15) is 18.9 Å². The van der Waals surface area contributed by atoms with E-state index in [0.717, 1.165) is 24.3 Å². The molecule has 1 rings (SSSR count). The molecule has 0 spiro atoms. The van der Waals surface area contributed by atoms with E-state index >= 15 is 0 Å². The van der Waals surface area contributed by atoms with Gasteiger partial charge in [0.05, 0.1) is 20.1 Å². The highest BCUT2D eigenvalue weighted by Crippen LogP contribution is 2.14. The topological polar surface area (TPSA) is 59.1 Å². The van der Waals surface area contributed by atoms with Gasteiger partial charge in [0.1, 0.15) is 5.75 Å². The molecule has 1 aromatic rings. The van der Waals surface area contributed by atoms with E-state index in [-0.39, 0.29) is 17.8 Å². The van der Waals surface area contributed by atoms with Crippen molar-refractivity contribution in [2.75, 3.05) is 47.9 Å². The van der Waals surface area contributed by atoms with Crippen LogP contribution >= 0.6 is 0 Å². The molecule has 0 heterocycles. The van der Waals surface area contributed by atoms with Gasteiger partial charge >= 0.3 is 5.97 Å². The lowest BCUT2D eigenvalue weighted by Gasteiger charge is -2.24. The van der Waals surface area contributed by atoms with Crippen molar-refractivity contribution in [1.82, 2.24) is 9.80 Å². The molecular weight excluding hydrogens is 332 g/mol. The predicted octanol–water partition coefficient (Wildman–Crippen LogP) is 2.30. The maximum absolute atomic E-state index is 12.6. The first-order chi connectivity index (χ1) is 12.4. The zero-order valence-corrected chi connectivity index (χ0v) is 16.4. The lowest BCUT2D eigenvalue weighted by Crippen LogP contribution is -2.37. The average Bonchev–Trinajstić information content (AvgIpc) is 2.64. The van der Waals surface area contributed by atoms with Crippen molar-refractivity contribution >= 4 is 18.0 Å². The Morgan fingerprint density at radius 1 is 1.19 bits per heavy atom. The highest BCUT2D eigenvalue weighted by molar-refractivity contribution is 5.92. The molecule has 0 fully saturated rings. The molecule has 0 saturated heterocycles. The van der Waals surface area contributed by atoms with E-state index in [1.807, 2.05) is 38.4 Å². The van der Waals surface area contributed by atoms with Crippen molar-refractivity contribution in [2.24, 2.45) is 5.92 Å². The van der Waals surface area contributed by atoms with Crippen molar-refractivity contribution in [3.8, 4) is 5.75 Å². The Morgan fingerprint density at radius 3 is 2.54 bits per heavy atom. The Bertz CT molecular complexity index is 614. The summed E-state index contributed by atoms with van der Waals surface area (Å²) in [6, 6.07) is 7.49. The first kappa shape index (κ1) is 21.7. The van der Waals surface area contributed by atoms with Crippen molar-refractivity contribution in [1.29, 1.82) is 0 Å². The largest absolute Gasteiger partial charge is 0.497 e. The van der Waals surface area contributed by atoms with Gasteiger partial charge in [0, 0.05) is 19.2 Å². The standard InChI is InChI=1S/C20H30N2O4/c1-16(20(24)26-5)15-22(13-7-12-21(2)3)19(23)11-10-17-8-6-9-18(14-17)25-4/h6,8-11,14,16H,7,12-13,15H2,1-5H3/b11-10+. The molecule has 0 aromatic heterocycles. The number of amides is 1. The number of hydrogen-bond acceptors (Lipinski definition) is 5. The number of ether oxygens (including phenoxy) is 2. The van der Waals surface area contributed by atoms with Crippen LogP contribution in [0, 0.1) is 5.92 Å². The van der Waals surface area contributed by atoms with Crippen LogP contribution in [0.2, 0.25) is 0 Å². The summed E-state index contributed by atoms with van der Waals surface area (Å²) in [6.07, 6.45) is 4.13. The SMILES string of the molecule is COC(=O)C(C)CN(CCCN(C)C)C(=O)/C=C/c1cccc(OC)c1. The van der Waals surface area contributed by atoms with Crippen LogP contribution in [0.4, 0.5) is 0 Å². The summed E-state index contributed by atoms with van der Waals surface area (Å²) < 4.78 is 9.96. The molecule has 6 heteroatoms. The highest BCUT2D eigenvalue weighted by atomic mass is 16.5. The van der Waals surface area contributed by atoms with Crippen molar-refractivity contribution < 1.29 is 19.1 Å². The molecule has 0 aliphatic rings. The van der Waals surface area contributed by atoms with Crippen LogP contribution in [0.15, 0.2) is 30.3 Å². The van der Waals surface area contributed by atoms with Crippen LogP contribution in [0.5, 0.6) is 5.75 Å². The normalized spacial score (nSPS) is 12.2. The van der Waals surface area contributed by atoms with Crippen molar-refractivity contribution in [3.05, 3.63) is 35.9 Å². The minimum absolute atomic E-state index is 0.123. The van der Waals surface area contributed by atoms with Crippen LogP contribution in [0.3, 0.4) is 0 Å². The third-order valence-electron chi connectivity index (χ3n) is 3.95. The third-order valence-corrected chi connectivity index (χ3v) is 3.95. The lowest BCUT2D eigenvalue weighted by atomic mass is 10.1. The summed E-state index contributed by atoms with van der Waals surface area (Å²) in [5.41, 5.74) is 0.881. The molecule has 1 aromatic carbocycles. The number of carbonyl (C=O) groups is 2. The van der Waals surface area contributed by atoms with Crippen LogP contribution in [-0.4, -0.2) is 69.6 Å². The van der Waals surface area contributed by atoms with Crippen LogP contribution < -0.4 is 4.74 Å². The number of hydrogen-bond donors (Lipinski definition) is 0. The minimum atomic E-state index is -0.367. The summed E-state index contributed by atoms with van der Waals surface area (Å²) in [5.74, 6) is -0.0650. The Kier molecular flexibility index (Phi) is 9.44. The molecule has 0 radical (unpaired) electrons. The van der Waals surface area contributed by atoms with E-state index in [9.17, 15) is 9.59 Å². The van der Waals surface area contributed by atoms with Crippen molar-refractivity contribution in [3.63, 3.8) is 0 Å². The maximum atomic E-state index is 12.6.